The zero-order valence-electron chi connectivity index (χ0n) is 8.87. The van der Waals surface area contributed by atoms with Gasteiger partial charge in [0.15, 0.2) is 0 Å². The lowest BCUT2D eigenvalue weighted by molar-refractivity contribution is -0.102. The van der Waals surface area contributed by atoms with Gasteiger partial charge in [-0.1, -0.05) is 0 Å². The van der Waals surface area contributed by atoms with E-state index in [9.17, 15) is 5.11 Å². The van der Waals surface area contributed by atoms with Crippen molar-refractivity contribution in [2.45, 2.75) is 44.3 Å². The lowest BCUT2D eigenvalue weighted by atomic mass is 9.82. The first-order valence-corrected chi connectivity index (χ1v) is 5.60. The molecule has 3 atom stereocenters. The van der Waals surface area contributed by atoms with Gasteiger partial charge in [0.05, 0.1) is 18.3 Å². The Morgan fingerprint density at radius 3 is 3.00 bits per heavy atom. The molecule has 14 heavy (non-hydrogen) atoms. The van der Waals surface area contributed by atoms with Crippen molar-refractivity contribution < 1.29 is 14.6 Å². The second-order valence-electron chi connectivity index (χ2n) is 4.78. The van der Waals surface area contributed by atoms with Gasteiger partial charge in [-0.3, -0.25) is 0 Å². The van der Waals surface area contributed by atoms with Gasteiger partial charge in [0.25, 0.3) is 0 Å². The zero-order chi connectivity index (χ0) is 10.0. The van der Waals surface area contributed by atoms with E-state index in [1.165, 1.54) is 0 Å². The van der Waals surface area contributed by atoms with Crippen molar-refractivity contribution in [3.63, 3.8) is 0 Å². The minimum absolute atomic E-state index is 0.00218. The van der Waals surface area contributed by atoms with Crippen molar-refractivity contribution >= 4 is 0 Å². The van der Waals surface area contributed by atoms with Crippen molar-refractivity contribution in [1.82, 2.24) is 0 Å². The van der Waals surface area contributed by atoms with E-state index in [1.54, 1.807) is 0 Å². The Hall–Kier alpha value is -0.120. The van der Waals surface area contributed by atoms with Crippen LogP contribution < -0.4 is 0 Å². The maximum absolute atomic E-state index is 9.36. The molecule has 0 radical (unpaired) electrons. The minimum atomic E-state index is -0.183. The fourth-order valence-electron chi connectivity index (χ4n) is 2.68. The Labute approximate surface area is 85.4 Å². The van der Waals surface area contributed by atoms with Crippen molar-refractivity contribution in [3.8, 4) is 0 Å². The minimum Gasteiger partial charge on any atom is -0.393 e. The van der Waals surface area contributed by atoms with Crippen molar-refractivity contribution in [2.24, 2.45) is 5.92 Å². The van der Waals surface area contributed by atoms with Gasteiger partial charge in [0, 0.05) is 19.6 Å². The van der Waals surface area contributed by atoms with Gasteiger partial charge in [-0.05, 0) is 32.1 Å². The van der Waals surface area contributed by atoms with Crippen LogP contribution in [0.1, 0.15) is 32.6 Å². The number of aliphatic hydroxyl groups excluding tert-OH is 1. The summed E-state index contributed by atoms with van der Waals surface area (Å²) in [4.78, 5) is 0. The third-order valence-electron chi connectivity index (χ3n) is 3.34. The van der Waals surface area contributed by atoms with Crippen LogP contribution in [0, 0.1) is 5.92 Å². The molecule has 1 N–H and O–H groups in total. The summed E-state index contributed by atoms with van der Waals surface area (Å²) in [5, 5.41) is 9.36. The number of aliphatic hydroxyl groups is 1. The number of hydrogen-bond donors (Lipinski definition) is 1. The van der Waals surface area contributed by atoms with Crippen molar-refractivity contribution in [3.05, 3.63) is 0 Å². The zero-order valence-corrected chi connectivity index (χ0v) is 8.87. The summed E-state index contributed by atoms with van der Waals surface area (Å²) in [7, 11) is 0. The summed E-state index contributed by atoms with van der Waals surface area (Å²) in [6, 6.07) is 0. The lowest BCUT2D eigenvalue weighted by Gasteiger charge is -2.37. The Balaban J connectivity index is 1.90. The molecule has 3 heteroatoms. The monoisotopic (exact) mass is 200 g/mol. The Morgan fingerprint density at radius 1 is 1.50 bits per heavy atom. The third-order valence-corrected chi connectivity index (χ3v) is 3.34. The first-order valence-electron chi connectivity index (χ1n) is 5.60. The molecule has 0 amide bonds. The number of ether oxygens (including phenoxy) is 2. The van der Waals surface area contributed by atoms with Crippen LogP contribution in [-0.2, 0) is 9.47 Å². The SMILES string of the molecule is CC(O)CC1CCOC2(CCOC2)C1. The molecule has 0 aliphatic carbocycles. The normalized spacial score (nSPS) is 40.3. The topological polar surface area (TPSA) is 38.7 Å². The summed E-state index contributed by atoms with van der Waals surface area (Å²) < 4.78 is 11.2. The van der Waals surface area contributed by atoms with Gasteiger partial charge < -0.3 is 14.6 Å². The van der Waals surface area contributed by atoms with E-state index < -0.39 is 0 Å². The fraction of sp³-hybridized carbons (Fsp3) is 1.00. The molecule has 3 unspecified atom stereocenters. The molecule has 2 fully saturated rings. The van der Waals surface area contributed by atoms with Gasteiger partial charge in [-0.15, -0.1) is 0 Å². The van der Waals surface area contributed by atoms with Crippen LogP contribution in [-0.4, -0.2) is 36.6 Å². The molecular formula is C11H20O3. The highest BCUT2D eigenvalue weighted by Gasteiger charge is 2.40. The van der Waals surface area contributed by atoms with E-state index in [4.69, 9.17) is 9.47 Å². The molecule has 2 rings (SSSR count). The van der Waals surface area contributed by atoms with E-state index in [2.05, 4.69) is 0 Å². The first kappa shape index (κ1) is 10.4. The van der Waals surface area contributed by atoms with Gasteiger partial charge in [0.2, 0.25) is 0 Å². The average Bonchev–Trinajstić information content (AvgIpc) is 2.52. The van der Waals surface area contributed by atoms with Gasteiger partial charge in [-0.2, -0.15) is 0 Å². The Kier molecular flexibility index (Phi) is 3.10. The molecule has 2 saturated heterocycles. The molecular weight excluding hydrogens is 180 g/mol. The summed E-state index contributed by atoms with van der Waals surface area (Å²) in [6.45, 7) is 4.29. The van der Waals surface area contributed by atoms with Gasteiger partial charge >= 0.3 is 0 Å². The average molecular weight is 200 g/mol. The standard InChI is InChI=1S/C11H20O3/c1-9(12)6-10-2-4-14-11(7-10)3-5-13-8-11/h9-10,12H,2-8H2,1H3. The van der Waals surface area contributed by atoms with Crippen molar-refractivity contribution in [2.75, 3.05) is 19.8 Å². The molecule has 0 aromatic carbocycles. The highest BCUT2D eigenvalue weighted by Crippen LogP contribution is 2.37. The number of hydrogen-bond acceptors (Lipinski definition) is 3. The van der Waals surface area contributed by atoms with Crippen molar-refractivity contribution in [1.29, 1.82) is 0 Å². The van der Waals surface area contributed by atoms with E-state index in [0.717, 1.165) is 45.5 Å². The van der Waals surface area contributed by atoms with Gasteiger partial charge in [-0.25, -0.2) is 0 Å². The maximum Gasteiger partial charge on any atom is 0.0939 e. The van der Waals surface area contributed by atoms with E-state index >= 15 is 0 Å². The molecule has 3 nitrogen and oxygen atoms in total. The second kappa shape index (κ2) is 4.17. The van der Waals surface area contributed by atoms with Crippen LogP contribution in [0.3, 0.4) is 0 Å². The Morgan fingerprint density at radius 2 is 2.36 bits per heavy atom. The second-order valence-corrected chi connectivity index (χ2v) is 4.78. The van der Waals surface area contributed by atoms with E-state index in [-0.39, 0.29) is 11.7 Å². The van der Waals surface area contributed by atoms with E-state index in [1.807, 2.05) is 6.92 Å². The fourth-order valence-corrected chi connectivity index (χ4v) is 2.68. The summed E-state index contributed by atoms with van der Waals surface area (Å²) in [5.74, 6) is 0.616. The van der Waals surface area contributed by atoms with Crippen LogP contribution in [0.4, 0.5) is 0 Å². The lowest BCUT2D eigenvalue weighted by Crippen LogP contribution is -2.40. The largest absolute Gasteiger partial charge is 0.393 e. The van der Waals surface area contributed by atoms with E-state index in [0.29, 0.717) is 5.92 Å². The summed E-state index contributed by atoms with van der Waals surface area (Å²) in [6.07, 6.45) is 3.91. The molecule has 82 valence electrons. The summed E-state index contributed by atoms with van der Waals surface area (Å²) in [5.41, 5.74) is -0.00218. The van der Waals surface area contributed by atoms with Crippen LogP contribution in [0.25, 0.3) is 0 Å². The molecule has 0 saturated carbocycles. The quantitative estimate of drug-likeness (QED) is 0.731. The molecule has 0 bridgehead atoms. The summed E-state index contributed by atoms with van der Waals surface area (Å²) >= 11 is 0. The van der Waals surface area contributed by atoms with Crippen LogP contribution >= 0.6 is 0 Å². The van der Waals surface area contributed by atoms with Crippen LogP contribution in [0.5, 0.6) is 0 Å². The molecule has 1 spiro atoms. The van der Waals surface area contributed by atoms with Crippen LogP contribution in [0.15, 0.2) is 0 Å². The molecule has 2 heterocycles. The predicted molar refractivity (Wildman–Crippen MR) is 53.1 cm³/mol. The molecule has 0 aromatic heterocycles. The molecule has 0 aromatic rings. The highest BCUT2D eigenvalue weighted by atomic mass is 16.6. The highest BCUT2D eigenvalue weighted by molar-refractivity contribution is 4.90. The smallest absolute Gasteiger partial charge is 0.0939 e. The maximum atomic E-state index is 9.36. The molecule has 2 aliphatic heterocycles. The van der Waals surface area contributed by atoms with Crippen LogP contribution in [0.2, 0.25) is 0 Å². The predicted octanol–water partition coefficient (Wildman–Crippen LogP) is 1.34. The third kappa shape index (κ3) is 2.27. The van der Waals surface area contributed by atoms with Gasteiger partial charge in [0.1, 0.15) is 0 Å². The molecule has 2 aliphatic rings. The first-order chi connectivity index (χ1) is 6.70. The number of rotatable bonds is 2. The Bertz CT molecular complexity index is 185.